The van der Waals surface area contributed by atoms with Crippen molar-refractivity contribution in [2.45, 2.75) is 32.2 Å². The number of carbonyl (C=O) groups excluding carboxylic acids is 1. The van der Waals surface area contributed by atoms with Gasteiger partial charge in [0.2, 0.25) is 0 Å². The largest absolute Gasteiger partial charge is 0.494 e. The molecule has 1 unspecified atom stereocenters. The number of aliphatic hydroxyl groups excluding tert-OH is 1. The predicted octanol–water partition coefficient (Wildman–Crippen LogP) is 2.11. The van der Waals surface area contributed by atoms with Crippen molar-refractivity contribution < 1.29 is 14.6 Å². The molecular weight excluding hydrogens is 254 g/mol. The Labute approximate surface area is 120 Å². The highest BCUT2D eigenvalue weighted by molar-refractivity contribution is 5.97. The Morgan fingerprint density at radius 3 is 2.75 bits per heavy atom. The molecule has 4 heteroatoms. The Hall–Kier alpha value is -1.39. The van der Waals surface area contributed by atoms with E-state index in [1.807, 2.05) is 31.2 Å². The van der Waals surface area contributed by atoms with Crippen LogP contribution in [0, 0.1) is 0 Å². The minimum absolute atomic E-state index is 0.105. The smallest absolute Gasteiger partial charge is 0.176 e. The Morgan fingerprint density at radius 2 is 2.10 bits per heavy atom. The molecular formula is C16H23NO3. The van der Waals surface area contributed by atoms with Crippen molar-refractivity contribution in [2.24, 2.45) is 0 Å². The van der Waals surface area contributed by atoms with Crippen molar-refractivity contribution in [1.29, 1.82) is 0 Å². The van der Waals surface area contributed by atoms with E-state index in [4.69, 9.17) is 4.74 Å². The van der Waals surface area contributed by atoms with Crippen LogP contribution in [-0.4, -0.2) is 48.1 Å². The van der Waals surface area contributed by atoms with Gasteiger partial charge in [-0.2, -0.15) is 0 Å². The lowest BCUT2D eigenvalue weighted by molar-refractivity contribution is 0.0711. The third kappa shape index (κ3) is 3.81. The normalized spacial score (nSPS) is 19.8. The van der Waals surface area contributed by atoms with Crippen LogP contribution in [0.4, 0.5) is 0 Å². The van der Waals surface area contributed by atoms with Crippen LogP contribution < -0.4 is 4.74 Å². The minimum Gasteiger partial charge on any atom is -0.494 e. The van der Waals surface area contributed by atoms with E-state index in [1.54, 1.807) is 0 Å². The highest BCUT2D eigenvalue weighted by atomic mass is 16.5. The molecule has 0 aliphatic carbocycles. The molecule has 1 aromatic carbocycles. The van der Waals surface area contributed by atoms with Gasteiger partial charge in [0.05, 0.1) is 19.8 Å². The summed E-state index contributed by atoms with van der Waals surface area (Å²) in [6, 6.07) is 7.42. The number of hydrogen-bond acceptors (Lipinski definition) is 4. The van der Waals surface area contributed by atoms with E-state index in [-0.39, 0.29) is 18.4 Å². The van der Waals surface area contributed by atoms with E-state index in [1.165, 1.54) is 0 Å². The third-order valence-corrected chi connectivity index (χ3v) is 3.79. The molecule has 4 nitrogen and oxygen atoms in total. The van der Waals surface area contributed by atoms with E-state index < -0.39 is 0 Å². The highest BCUT2D eigenvalue weighted by Gasteiger charge is 2.23. The molecule has 1 aliphatic heterocycles. The number of ether oxygens (including phenoxy) is 1. The Balaban J connectivity index is 1.96. The van der Waals surface area contributed by atoms with Crippen molar-refractivity contribution in [3.8, 4) is 5.75 Å². The molecule has 1 saturated heterocycles. The average molecular weight is 277 g/mol. The zero-order valence-corrected chi connectivity index (χ0v) is 12.0. The van der Waals surface area contributed by atoms with E-state index in [2.05, 4.69) is 4.90 Å². The molecule has 0 saturated carbocycles. The van der Waals surface area contributed by atoms with Gasteiger partial charge in [-0.3, -0.25) is 9.69 Å². The molecule has 1 heterocycles. The number of hydrogen-bond donors (Lipinski definition) is 1. The molecule has 110 valence electrons. The second-order valence-corrected chi connectivity index (χ2v) is 5.18. The quantitative estimate of drug-likeness (QED) is 0.809. The van der Waals surface area contributed by atoms with Gasteiger partial charge in [-0.1, -0.05) is 6.42 Å². The fourth-order valence-electron chi connectivity index (χ4n) is 2.65. The first-order chi connectivity index (χ1) is 9.74. The fourth-order valence-corrected chi connectivity index (χ4v) is 2.65. The number of likely N-dealkylation sites (tertiary alicyclic amines) is 1. The summed E-state index contributed by atoms with van der Waals surface area (Å²) in [5.74, 6) is 0.892. The van der Waals surface area contributed by atoms with Crippen LogP contribution in [-0.2, 0) is 0 Å². The Kier molecular flexibility index (Phi) is 5.56. The maximum Gasteiger partial charge on any atom is 0.176 e. The molecule has 20 heavy (non-hydrogen) atoms. The number of ketones is 1. The number of aliphatic hydroxyl groups is 1. The van der Waals surface area contributed by atoms with E-state index in [0.717, 1.165) is 31.6 Å². The number of piperidine rings is 1. The molecule has 1 aliphatic rings. The van der Waals surface area contributed by atoms with Crippen LogP contribution in [0.5, 0.6) is 5.75 Å². The van der Waals surface area contributed by atoms with Crippen molar-refractivity contribution in [3.05, 3.63) is 29.8 Å². The van der Waals surface area contributed by atoms with Gasteiger partial charge in [0.15, 0.2) is 5.78 Å². The minimum atomic E-state index is 0.105. The van der Waals surface area contributed by atoms with Crippen molar-refractivity contribution in [3.63, 3.8) is 0 Å². The summed E-state index contributed by atoms with van der Waals surface area (Å²) < 4.78 is 5.37. The topological polar surface area (TPSA) is 49.8 Å². The van der Waals surface area contributed by atoms with Crippen LogP contribution in [0.15, 0.2) is 24.3 Å². The summed E-state index contributed by atoms with van der Waals surface area (Å²) in [5.41, 5.74) is 0.704. The summed E-state index contributed by atoms with van der Waals surface area (Å²) >= 11 is 0. The maximum atomic E-state index is 12.3. The van der Waals surface area contributed by atoms with Gasteiger partial charge in [0.25, 0.3) is 0 Å². The van der Waals surface area contributed by atoms with Gasteiger partial charge in [-0.25, -0.2) is 0 Å². The molecule has 1 aromatic rings. The van der Waals surface area contributed by atoms with Crippen molar-refractivity contribution in [2.75, 3.05) is 26.3 Å². The lowest BCUT2D eigenvalue weighted by atomic mass is 10.0. The number of nitrogens with zero attached hydrogens (tertiary/aromatic N) is 1. The second-order valence-electron chi connectivity index (χ2n) is 5.18. The summed E-state index contributed by atoms with van der Waals surface area (Å²) in [4.78, 5) is 14.4. The van der Waals surface area contributed by atoms with Gasteiger partial charge in [0.1, 0.15) is 5.75 Å². The zero-order chi connectivity index (χ0) is 14.4. The maximum absolute atomic E-state index is 12.3. The number of carbonyl (C=O) groups is 1. The SMILES string of the molecule is CCOc1ccc(C(=O)CN2CCCCC2CO)cc1. The van der Waals surface area contributed by atoms with Gasteiger partial charge in [-0.05, 0) is 50.6 Å². The van der Waals surface area contributed by atoms with Crippen LogP contribution in [0.2, 0.25) is 0 Å². The van der Waals surface area contributed by atoms with E-state index in [9.17, 15) is 9.90 Å². The third-order valence-electron chi connectivity index (χ3n) is 3.79. The Bertz CT molecular complexity index is 430. The van der Waals surface area contributed by atoms with E-state index in [0.29, 0.717) is 18.7 Å². The van der Waals surface area contributed by atoms with Gasteiger partial charge in [-0.15, -0.1) is 0 Å². The second kappa shape index (κ2) is 7.41. The van der Waals surface area contributed by atoms with Gasteiger partial charge >= 0.3 is 0 Å². The van der Waals surface area contributed by atoms with E-state index >= 15 is 0 Å². The average Bonchev–Trinajstić information content (AvgIpc) is 2.49. The molecule has 0 amide bonds. The summed E-state index contributed by atoms with van der Waals surface area (Å²) in [7, 11) is 0. The highest BCUT2D eigenvalue weighted by Crippen LogP contribution is 2.18. The van der Waals surface area contributed by atoms with Crippen molar-refractivity contribution >= 4 is 5.78 Å². The molecule has 1 atom stereocenters. The van der Waals surface area contributed by atoms with Crippen LogP contribution in [0.1, 0.15) is 36.5 Å². The number of Topliss-reactive ketones (excluding diaryl/α,β-unsaturated/α-hetero) is 1. The Morgan fingerprint density at radius 1 is 1.35 bits per heavy atom. The molecule has 0 bridgehead atoms. The predicted molar refractivity (Wildman–Crippen MR) is 78.2 cm³/mol. The standard InChI is InChI=1S/C16H23NO3/c1-2-20-15-8-6-13(7-9-15)16(19)11-17-10-4-3-5-14(17)12-18/h6-9,14,18H,2-5,10-12H2,1H3. The molecule has 0 radical (unpaired) electrons. The van der Waals surface area contributed by atoms with Crippen molar-refractivity contribution in [1.82, 2.24) is 4.90 Å². The first-order valence-corrected chi connectivity index (χ1v) is 7.35. The molecule has 2 rings (SSSR count). The summed E-state index contributed by atoms with van der Waals surface area (Å²) in [6.07, 6.45) is 3.22. The lowest BCUT2D eigenvalue weighted by Gasteiger charge is -2.33. The van der Waals surface area contributed by atoms with Crippen LogP contribution in [0.25, 0.3) is 0 Å². The zero-order valence-electron chi connectivity index (χ0n) is 12.0. The molecule has 0 spiro atoms. The lowest BCUT2D eigenvalue weighted by Crippen LogP contribution is -2.44. The van der Waals surface area contributed by atoms with Crippen LogP contribution >= 0.6 is 0 Å². The summed E-state index contributed by atoms with van der Waals surface area (Å²) in [5, 5.41) is 9.37. The van der Waals surface area contributed by atoms with Crippen LogP contribution in [0.3, 0.4) is 0 Å². The van der Waals surface area contributed by atoms with Gasteiger partial charge in [0, 0.05) is 11.6 Å². The number of rotatable bonds is 6. The summed E-state index contributed by atoms with van der Waals surface area (Å²) in [6.45, 7) is 3.98. The first kappa shape index (κ1) is 15.0. The number of benzene rings is 1. The fraction of sp³-hybridized carbons (Fsp3) is 0.562. The molecule has 1 fully saturated rings. The molecule has 0 aromatic heterocycles. The monoisotopic (exact) mass is 277 g/mol. The molecule has 1 N–H and O–H groups in total. The van der Waals surface area contributed by atoms with Gasteiger partial charge < -0.3 is 9.84 Å². The first-order valence-electron chi connectivity index (χ1n) is 7.35.